The van der Waals surface area contributed by atoms with Crippen molar-refractivity contribution in [2.24, 2.45) is 17.1 Å². The van der Waals surface area contributed by atoms with Gasteiger partial charge in [-0.25, -0.2) is 17.2 Å². The summed E-state index contributed by atoms with van der Waals surface area (Å²) in [6, 6.07) is 7.66. The van der Waals surface area contributed by atoms with Crippen molar-refractivity contribution in [1.82, 2.24) is 0 Å². The van der Waals surface area contributed by atoms with Crippen LogP contribution in [0.5, 0.6) is 5.75 Å². The van der Waals surface area contributed by atoms with E-state index in [2.05, 4.69) is 14.9 Å². The number of carbonyl (C=O) groups is 2. The van der Waals surface area contributed by atoms with Gasteiger partial charge in [-0.15, -0.1) is 0 Å². The highest BCUT2D eigenvalue weighted by Crippen LogP contribution is 2.54. The number of hydrogen-bond donors (Lipinski definition) is 3. The Hall–Kier alpha value is -3.65. The maximum Gasteiger partial charge on any atom is 0.323 e. The molecule has 0 bridgehead atoms. The predicted octanol–water partition coefficient (Wildman–Crippen LogP) is 5.15. The average Bonchev–Trinajstić information content (AvgIpc) is 3.64. The Balaban J connectivity index is 1.19. The first-order valence-electron chi connectivity index (χ1n) is 17.3. The number of benzene rings is 2. The number of esters is 1. The minimum atomic E-state index is -3.90. The number of anilines is 4. The molecule has 2 saturated heterocycles. The molecule has 1 aliphatic carbocycles. The molecular weight excluding hydrogens is 656 g/mol. The SMILES string of the molecule is CCC(C)[C@H](N)C(=O)OCCS(=O)(=O)Nc1ccc(C(=O)Nc2cc3c(c(N4CCC(F)(F)CC4)c2)OCC3)c(N2CCC3(CC2)CC3)c1. The van der Waals surface area contributed by atoms with Crippen LogP contribution in [0.1, 0.15) is 74.7 Å². The lowest BCUT2D eigenvalue weighted by Crippen LogP contribution is -2.39. The minimum absolute atomic E-state index is 0.0924. The summed E-state index contributed by atoms with van der Waals surface area (Å²) in [6.07, 6.45) is 5.26. The fourth-order valence-electron chi connectivity index (χ4n) is 6.88. The van der Waals surface area contributed by atoms with Gasteiger partial charge >= 0.3 is 5.97 Å². The Kier molecular flexibility index (Phi) is 10.0. The van der Waals surface area contributed by atoms with Gasteiger partial charge in [-0.05, 0) is 67.3 Å². The van der Waals surface area contributed by atoms with E-state index in [0.29, 0.717) is 58.9 Å². The lowest BCUT2D eigenvalue weighted by Gasteiger charge is -2.35. The normalized spacial score (nSPS) is 20.6. The van der Waals surface area contributed by atoms with E-state index in [1.54, 1.807) is 24.3 Å². The van der Waals surface area contributed by atoms with Crippen LogP contribution in [0.15, 0.2) is 30.3 Å². The topological polar surface area (TPSA) is 143 Å². The molecule has 268 valence electrons. The monoisotopic (exact) mass is 703 g/mol. The van der Waals surface area contributed by atoms with Crippen molar-refractivity contribution >= 4 is 44.6 Å². The molecule has 3 fully saturated rings. The van der Waals surface area contributed by atoms with E-state index >= 15 is 0 Å². The number of nitrogens with zero attached hydrogens (tertiary/aromatic N) is 2. The van der Waals surface area contributed by atoms with Gasteiger partial charge in [-0.2, -0.15) is 0 Å². The fourth-order valence-corrected chi connectivity index (χ4v) is 7.77. The first kappa shape index (κ1) is 35.2. The highest BCUT2D eigenvalue weighted by molar-refractivity contribution is 7.92. The van der Waals surface area contributed by atoms with Gasteiger partial charge in [0.15, 0.2) is 0 Å². The number of halogens is 2. The minimum Gasteiger partial charge on any atom is -0.491 e. The van der Waals surface area contributed by atoms with E-state index in [9.17, 15) is 26.8 Å². The number of rotatable bonds is 12. The van der Waals surface area contributed by atoms with Crippen molar-refractivity contribution in [2.75, 3.05) is 65.0 Å². The number of piperidine rings is 2. The number of hydrogen-bond acceptors (Lipinski definition) is 9. The quantitative estimate of drug-likeness (QED) is 0.256. The fraction of sp³-hybridized carbons (Fsp3) is 0.600. The summed E-state index contributed by atoms with van der Waals surface area (Å²) in [4.78, 5) is 30.2. The number of sulfonamides is 1. The van der Waals surface area contributed by atoms with Gasteiger partial charge in [0.25, 0.3) is 11.8 Å². The van der Waals surface area contributed by atoms with Crippen LogP contribution >= 0.6 is 0 Å². The van der Waals surface area contributed by atoms with Crippen molar-refractivity contribution in [1.29, 1.82) is 0 Å². The Labute approximate surface area is 286 Å². The molecule has 14 heteroatoms. The molecule has 2 aromatic carbocycles. The number of fused-ring (bicyclic) bond motifs is 1. The lowest BCUT2D eigenvalue weighted by molar-refractivity contribution is -0.145. The van der Waals surface area contributed by atoms with Crippen molar-refractivity contribution in [3.8, 4) is 5.75 Å². The van der Waals surface area contributed by atoms with Crippen LogP contribution in [-0.2, 0) is 26.0 Å². The second kappa shape index (κ2) is 13.9. The predicted molar refractivity (Wildman–Crippen MR) is 185 cm³/mol. The third kappa shape index (κ3) is 8.22. The molecule has 49 heavy (non-hydrogen) atoms. The molecule has 1 saturated carbocycles. The van der Waals surface area contributed by atoms with Crippen molar-refractivity contribution in [3.63, 3.8) is 0 Å². The molecule has 4 aliphatic rings. The van der Waals surface area contributed by atoms with E-state index < -0.39 is 33.7 Å². The molecule has 6 rings (SSSR count). The Bertz CT molecular complexity index is 1660. The average molecular weight is 704 g/mol. The van der Waals surface area contributed by atoms with Gasteiger partial charge in [0.2, 0.25) is 10.0 Å². The van der Waals surface area contributed by atoms with Gasteiger partial charge in [0, 0.05) is 56.7 Å². The molecule has 0 radical (unpaired) electrons. The molecule has 2 aromatic rings. The van der Waals surface area contributed by atoms with Crippen molar-refractivity contribution < 1.29 is 36.3 Å². The van der Waals surface area contributed by atoms with Crippen molar-refractivity contribution in [3.05, 3.63) is 41.5 Å². The summed E-state index contributed by atoms with van der Waals surface area (Å²) in [5.41, 5.74) is 9.73. The molecule has 4 N–H and O–H groups in total. The summed E-state index contributed by atoms with van der Waals surface area (Å²) in [5, 5.41) is 3.03. The van der Waals surface area contributed by atoms with E-state index in [1.165, 1.54) is 12.8 Å². The second-order valence-electron chi connectivity index (χ2n) is 14.1. The van der Waals surface area contributed by atoms with E-state index in [4.69, 9.17) is 15.2 Å². The lowest BCUT2D eigenvalue weighted by atomic mass is 9.93. The first-order chi connectivity index (χ1) is 23.3. The Morgan fingerprint density at radius 3 is 2.31 bits per heavy atom. The van der Waals surface area contributed by atoms with Gasteiger partial charge in [-0.1, -0.05) is 20.3 Å². The molecule has 3 heterocycles. The Morgan fingerprint density at radius 1 is 0.980 bits per heavy atom. The van der Waals surface area contributed by atoms with Crippen LogP contribution in [-0.4, -0.2) is 77.4 Å². The standard InChI is InChI=1S/C35H47F2N5O6S/c1-3-23(2)30(38)33(44)48-18-19-49(45,46)40-25-4-5-27(28(21-25)41-13-9-34(7-8-34)10-14-41)32(43)39-26-20-24-6-17-47-31(24)29(22-26)42-15-11-35(36,37)12-16-42/h4-5,20-23,30,40H,3,6-19,38H2,1-2H3,(H,39,43)/t23?,30-/m0/s1. The zero-order valence-electron chi connectivity index (χ0n) is 28.2. The summed E-state index contributed by atoms with van der Waals surface area (Å²) in [5.74, 6) is -3.56. The molecular formula is C35H47F2N5O6S. The van der Waals surface area contributed by atoms with Crippen LogP contribution in [0, 0.1) is 11.3 Å². The van der Waals surface area contributed by atoms with Crippen LogP contribution in [0.25, 0.3) is 0 Å². The number of nitrogens with one attached hydrogen (secondary N) is 2. The molecule has 11 nitrogen and oxygen atoms in total. The summed E-state index contributed by atoms with van der Waals surface area (Å²) in [6.45, 7) is 5.73. The molecule has 1 unspecified atom stereocenters. The zero-order valence-corrected chi connectivity index (χ0v) is 29.0. The summed E-state index contributed by atoms with van der Waals surface area (Å²) >= 11 is 0. The largest absolute Gasteiger partial charge is 0.491 e. The maximum absolute atomic E-state index is 13.9. The third-order valence-corrected chi connectivity index (χ3v) is 11.9. The summed E-state index contributed by atoms with van der Waals surface area (Å²) < 4.78 is 67.4. The van der Waals surface area contributed by atoms with Gasteiger partial charge < -0.3 is 30.3 Å². The second-order valence-corrected chi connectivity index (χ2v) is 15.9. The van der Waals surface area contributed by atoms with E-state index in [0.717, 1.165) is 31.5 Å². The van der Waals surface area contributed by atoms with Gasteiger partial charge in [-0.3, -0.25) is 14.3 Å². The Morgan fingerprint density at radius 2 is 1.63 bits per heavy atom. The van der Waals surface area contributed by atoms with E-state index in [1.807, 2.05) is 24.8 Å². The van der Waals surface area contributed by atoms with Crippen LogP contribution in [0.4, 0.5) is 31.5 Å². The first-order valence-corrected chi connectivity index (χ1v) is 19.0. The number of nitrogens with two attached hydrogens (primary N) is 1. The number of alkyl halides is 2. The maximum atomic E-state index is 13.9. The van der Waals surface area contributed by atoms with E-state index in [-0.39, 0.29) is 44.4 Å². The highest BCUT2D eigenvalue weighted by Gasteiger charge is 2.45. The smallest absolute Gasteiger partial charge is 0.323 e. The molecule has 1 spiro atoms. The molecule has 2 atom stereocenters. The summed E-state index contributed by atoms with van der Waals surface area (Å²) in [7, 11) is -3.90. The molecule has 3 aliphatic heterocycles. The number of amides is 1. The highest BCUT2D eigenvalue weighted by atomic mass is 32.2. The number of ether oxygens (including phenoxy) is 2. The zero-order chi connectivity index (χ0) is 35.0. The molecule has 1 amide bonds. The van der Waals surface area contributed by atoms with Gasteiger partial charge in [0.1, 0.15) is 24.2 Å². The van der Waals surface area contributed by atoms with Gasteiger partial charge in [0.05, 0.1) is 29.2 Å². The third-order valence-electron chi connectivity index (χ3n) is 10.6. The number of carbonyl (C=O) groups excluding carboxylic acids is 2. The van der Waals surface area contributed by atoms with Crippen molar-refractivity contribution in [2.45, 2.75) is 77.2 Å². The van der Waals surface area contributed by atoms with Crippen LogP contribution < -0.4 is 30.3 Å². The van der Waals surface area contributed by atoms with Crippen LogP contribution in [0.2, 0.25) is 0 Å². The van der Waals surface area contributed by atoms with Crippen LogP contribution in [0.3, 0.4) is 0 Å². The molecule has 0 aromatic heterocycles.